The lowest BCUT2D eigenvalue weighted by molar-refractivity contribution is 0.0472. The summed E-state index contributed by atoms with van der Waals surface area (Å²) in [6.45, 7) is 6.41. The second-order valence-corrected chi connectivity index (χ2v) is 5.15. The van der Waals surface area contributed by atoms with Crippen molar-refractivity contribution in [1.29, 1.82) is 0 Å². The molecule has 2 heterocycles. The van der Waals surface area contributed by atoms with Crippen molar-refractivity contribution in [3.8, 4) is 0 Å². The van der Waals surface area contributed by atoms with Gasteiger partial charge in [-0.05, 0) is 33.6 Å². The van der Waals surface area contributed by atoms with E-state index in [2.05, 4.69) is 51.5 Å². The number of nitrogens with zero attached hydrogens (tertiary/aromatic N) is 3. The molecule has 0 amide bonds. The number of aromatic nitrogens is 3. The van der Waals surface area contributed by atoms with Crippen molar-refractivity contribution in [1.82, 2.24) is 14.8 Å². The zero-order chi connectivity index (χ0) is 11.7. The molecule has 2 rings (SSSR count). The minimum atomic E-state index is 0.123. The van der Waals surface area contributed by atoms with Crippen LogP contribution in [0.5, 0.6) is 0 Å². The smallest absolute Gasteiger partial charge is 0.162 e. The number of halogens is 1. The van der Waals surface area contributed by atoms with Crippen molar-refractivity contribution in [2.75, 3.05) is 0 Å². The Hall–Kier alpha value is -0.420. The van der Waals surface area contributed by atoms with E-state index >= 15 is 0 Å². The molecule has 90 valence electrons. The van der Waals surface area contributed by atoms with Gasteiger partial charge in [-0.1, -0.05) is 15.9 Å². The molecule has 0 spiro atoms. The lowest BCUT2D eigenvalue weighted by Gasteiger charge is -2.16. The lowest BCUT2D eigenvalue weighted by Crippen LogP contribution is -2.13. The van der Waals surface area contributed by atoms with E-state index in [4.69, 9.17) is 4.74 Å². The van der Waals surface area contributed by atoms with E-state index in [9.17, 15) is 0 Å². The van der Waals surface area contributed by atoms with Gasteiger partial charge >= 0.3 is 0 Å². The largest absolute Gasteiger partial charge is 0.367 e. The fourth-order valence-corrected chi connectivity index (χ4v) is 2.59. The quantitative estimate of drug-likeness (QED) is 0.803. The fraction of sp³-hybridized carbons (Fsp3) is 0.818. The average molecular weight is 288 g/mol. The Kier molecular flexibility index (Phi) is 3.64. The van der Waals surface area contributed by atoms with Gasteiger partial charge in [-0.15, -0.1) is 10.2 Å². The maximum absolute atomic E-state index is 5.86. The highest BCUT2D eigenvalue weighted by Crippen LogP contribution is 2.33. The molecule has 0 bridgehead atoms. The van der Waals surface area contributed by atoms with Crippen LogP contribution in [0.15, 0.2) is 0 Å². The zero-order valence-corrected chi connectivity index (χ0v) is 11.6. The lowest BCUT2D eigenvalue weighted by atomic mass is 10.2. The second-order valence-electron chi connectivity index (χ2n) is 4.58. The van der Waals surface area contributed by atoms with Gasteiger partial charge < -0.3 is 9.30 Å². The van der Waals surface area contributed by atoms with Crippen LogP contribution in [-0.4, -0.2) is 20.9 Å². The van der Waals surface area contributed by atoms with Crippen molar-refractivity contribution in [3.63, 3.8) is 0 Å². The molecule has 0 N–H and O–H groups in total. The predicted octanol–water partition coefficient (Wildman–Crippen LogP) is 2.99. The number of rotatable bonds is 3. The first-order chi connectivity index (χ1) is 7.63. The Bertz CT molecular complexity index is 364. The molecule has 4 nitrogen and oxygen atoms in total. The minimum Gasteiger partial charge on any atom is -0.367 e. The van der Waals surface area contributed by atoms with Gasteiger partial charge in [0, 0.05) is 6.04 Å². The first-order valence-electron chi connectivity index (χ1n) is 5.78. The predicted molar refractivity (Wildman–Crippen MR) is 65.6 cm³/mol. The zero-order valence-electron chi connectivity index (χ0n) is 9.98. The van der Waals surface area contributed by atoms with Gasteiger partial charge in [0.15, 0.2) is 5.82 Å². The average Bonchev–Trinajstić information content (AvgIpc) is 2.82. The van der Waals surface area contributed by atoms with Crippen molar-refractivity contribution in [3.05, 3.63) is 11.6 Å². The standard InChI is InChI=1S/C11H18BrN3O/c1-7(2)15-10(6-12)13-14-11(15)9-5-4-8(3)16-9/h7-9H,4-6H2,1-3H3. The Morgan fingerprint density at radius 2 is 2.19 bits per heavy atom. The van der Waals surface area contributed by atoms with Gasteiger partial charge in [0.2, 0.25) is 0 Å². The molecule has 16 heavy (non-hydrogen) atoms. The van der Waals surface area contributed by atoms with E-state index in [0.29, 0.717) is 12.1 Å². The molecule has 0 aliphatic carbocycles. The summed E-state index contributed by atoms with van der Waals surface area (Å²) in [4.78, 5) is 0. The van der Waals surface area contributed by atoms with Crippen LogP contribution in [0.4, 0.5) is 0 Å². The third-order valence-electron chi connectivity index (χ3n) is 2.95. The van der Waals surface area contributed by atoms with Crippen LogP contribution in [0.1, 0.15) is 57.4 Å². The van der Waals surface area contributed by atoms with Crippen LogP contribution >= 0.6 is 15.9 Å². The van der Waals surface area contributed by atoms with Gasteiger partial charge in [0.25, 0.3) is 0 Å². The fourth-order valence-electron chi connectivity index (χ4n) is 2.20. The van der Waals surface area contributed by atoms with Gasteiger partial charge in [-0.2, -0.15) is 0 Å². The number of hydrogen-bond acceptors (Lipinski definition) is 3. The molecular weight excluding hydrogens is 270 g/mol. The Balaban J connectivity index is 2.30. The van der Waals surface area contributed by atoms with Crippen LogP contribution in [-0.2, 0) is 10.1 Å². The van der Waals surface area contributed by atoms with Crippen molar-refractivity contribution in [2.45, 2.75) is 57.2 Å². The summed E-state index contributed by atoms with van der Waals surface area (Å²) in [5, 5.41) is 9.23. The van der Waals surface area contributed by atoms with Gasteiger partial charge in [-0.3, -0.25) is 0 Å². The number of hydrogen-bond donors (Lipinski definition) is 0. The molecule has 2 atom stereocenters. The normalized spacial score (nSPS) is 25.6. The highest BCUT2D eigenvalue weighted by atomic mass is 79.9. The third-order valence-corrected chi connectivity index (χ3v) is 3.45. The number of alkyl halides is 1. The first kappa shape index (κ1) is 12.0. The molecule has 0 aromatic carbocycles. The van der Waals surface area contributed by atoms with Gasteiger partial charge in [0.1, 0.15) is 11.9 Å². The molecule has 1 aromatic heterocycles. The molecule has 1 saturated heterocycles. The Morgan fingerprint density at radius 3 is 2.69 bits per heavy atom. The summed E-state index contributed by atoms with van der Waals surface area (Å²) in [6.07, 6.45) is 2.63. The van der Waals surface area contributed by atoms with Crippen molar-refractivity contribution in [2.24, 2.45) is 0 Å². The first-order valence-corrected chi connectivity index (χ1v) is 6.90. The topological polar surface area (TPSA) is 39.9 Å². The monoisotopic (exact) mass is 287 g/mol. The summed E-state index contributed by atoms with van der Waals surface area (Å²) in [7, 11) is 0. The van der Waals surface area contributed by atoms with Crippen LogP contribution in [0.3, 0.4) is 0 Å². The summed E-state index contributed by atoms with van der Waals surface area (Å²) in [6, 6.07) is 0.372. The van der Waals surface area contributed by atoms with Crippen molar-refractivity contribution < 1.29 is 4.74 Å². The molecule has 1 aromatic rings. The second kappa shape index (κ2) is 4.84. The highest BCUT2D eigenvalue weighted by Gasteiger charge is 2.29. The molecule has 5 heteroatoms. The molecule has 1 fully saturated rings. The summed E-state index contributed by atoms with van der Waals surface area (Å²) in [5.41, 5.74) is 0. The summed E-state index contributed by atoms with van der Waals surface area (Å²) in [5.74, 6) is 1.96. The molecule has 1 aliphatic heterocycles. The molecule has 1 aliphatic rings. The van der Waals surface area contributed by atoms with E-state index in [1.807, 2.05) is 0 Å². The van der Waals surface area contributed by atoms with E-state index in [-0.39, 0.29) is 6.10 Å². The van der Waals surface area contributed by atoms with Crippen LogP contribution in [0.25, 0.3) is 0 Å². The van der Waals surface area contributed by atoms with E-state index < -0.39 is 0 Å². The minimum absolute atomic E-state index is 0.123. The SMILES string of the molecule is CC1CCC(c2nnc(CBr)n2C(C)C)O1. The van der Waals surface area contributed by atoms with Gasteiger partial charge in [0.05, 0.1) is 11.4 Å². The third kappa shape index (κ3) is 2.15. The van der Waals surface area contributed by atoms with Gasteiger partial charge in [-0.25, -0.2) is 0 Å². The molecular formula is C11H18BrN3O. The van der Waals surface area contributed by atoms with E-state index in [0.717, 1.165) is 29.8 Å². The number of ether oxygens (including phenoxy) is 1. The van der Waals surface area contributed by atoms with Crippen LogP contribution in [0.2, 0.25) is 0 Å². The summed E-state index contributed by atoms with van der Waals surface area (Å²) >= 11 is 3.45. The molecule has 0 saturated carbocycles. The van der Waals surface area contributed by atoms with Crippen LogP contribution in [0, 0.1) is 0 Å². The van der Waals surface area contributed by atoms with E-state index in [1.165, 1.54) is 0 Å². The maximum atomic E-state index is 5.86. The van der Waals surface area contributed by atoms with Crippen LogP contribution < -0.4 is 0 Å². The molecule has 2 unspecified atom stereocenters. The molecule has 0 radical (unpaired) electrons. The highest BCUT2D eigenvalue weighted by molar-refractivity contribution is 9.08. The summed E-state index contributed by atoms with van der Waals surface area (Å²) < 4.78 is 8.04. The van der Waals surface area contributed by atoms with Crippen molar-refractivity contribution >= 4 is 15.9 Å². The van der Waals surface area contributed by atoms with E-state index in [1.54, 1.807) is 0 Å². The Morgan fingerprint density at radius 1 is 1.44 bits per heavy atom. The Labute approximate surface area is 105 Å². The maximum Gasteiger partial charge on any atom is 0.162 e.